The number of para-hydroxylation sites is 2. The molecule has 28 heavy (non-hydrogen) atoms. The van der Waals surface area contributed by atoms with Gasteiger partial charge in [0.1, 0.15) is 0 Å². The minimum absolute atomic E-state index is 0.214. The van der Waals surface area contributed by atoms with Gasteiger partial charge in [0.2, 0.25) is 0 Å². The molecule has 4 rings (SSSR count). The number of carbonyl (C=O) groups is 2. The van der Waals surface area contributed by atoms with Crippen LogP contribution in [0.25, 0.3) is 0 Å². The lowest BCUT2D eigenvalue weighted by atomic mass is 10.1. The topological polar surface area (TPSA) is 101 Å². The Bertz CT molecular complexity index is 962. The highest BCUT2D eigenvalue weighted by atomic mass is 32.1. The van der Waals surface area contributed by atoms with Crippen molar-refractivity contribution in [1.82, 2.24) is 20.3 Å². The second kappa shape index (κ2) is 8.32. The molecule has 0 aliphatic carbocycles. The fraction of sp³-hybridized carbons (Fsp3) is 0.263. The van der Waals surface area contributed by atoms with Crippen LogP contribution in [0.5, 0.6) is 0 Å². The van der Waals surface area contributed by atoms with Gasteiger partial charge in [-0.25, -0.2) is 4.68 Å². The molecule has 0 saturated carbocycles. The molecule has 1 fully saturated rings. The third-order valence-corrected chi connectivity index (χ3v) is 5.46. The molecule has 1 aliphatic heterocycles. The number of benzene rings is 1. The van der Waals surface area contributed by atoms with E-state index >= 15 is 0 Å². The van der Waals surface area contributed by atoms with Gasteiger partial charge in [0.25, 0.3) is 11.8 Å². The molecule has 0 unspecified atom stereocenters. The summed E-state index contributed by atoms with van der Waals surface area (Å²) in [7, 11) is 0. The van der Waals surface area contributed by atoms with E-state index in [0.29, 0.717) is 16.3 Å². The molecule has 3 heterocycles. The first-order chi connectivity index (χ1) is 13.7. The minimum Gasteiger partial charge on any atom is -0.319 e. The zero-order valence-corrected chi connectivity index (χ0v) is 15.9. The average Bonchev–Trinajstić information content (AvgIpc) is 3.42. The van der Waals surface area contributed by atoms with Gasteiger partial charge in [0.05, 0.1) is 28.5 Å². The van der Waals surface area contributed by atoms with Crippen LogP contribution in [0, 0.1) is 0 Å². The van der Waals surface area contributed by atoms with Gasteiger partial charge in [-0.2, -0.15) is 0 Å². The van der Waals surface area contributed by atoms with Gasteiger partial charge in [-0.1, -0.05) is 23.4 Å². The molecule has 0 bridgehead atoms. The van der Waals surface area contributed by atoms with Crippen LogP contribution in [-0.4, -0.2) is 39.9 Å². The molecule has 144 valence electrons. The van der Waals surface area contributed by atoms with Crippen molar-refractivity contribution >= 4 is 34.5 Å². The summed E-state index contributed by atoms with van der Waals surface area (Å²) in [5, 5.41) is 18.9. The molecule has 8 nitrogen and oxygen atoms in total. The highest BCUT2D eigenvalue weighted by Gasteiger charge is 2.19. The van der Waals surface area contributed by atoms with Gasteiger partial charge in [0.15, 0.2) is 5.69 Å². The third-order valence-electron chi connectivity index (χ3n) is 4.59. The molecule has 3 N–H and O–H groups in total. The number of hydrogen-bond acceptors (Lipinski definition) is 6. The molecular weight excluding hydrogens is 376 g/mol. The van der Waals surface area contributed by atoms with Crippen molar-refractivity contribution < 1.29 is 9.59 Å². The van der Waals surface area contributed by atoms with E-state index in [1.807, 2.05) is 11.4 Å². The molecule has 3 aromatic rings. The zero-order chi connectivity index (χ0) is 19.3. The van der Waals surface area contributed by atoms with Gasteiger partial charge < -0.3 is 16.0 Å². The van der Waals surface area contributed by atoms with Crippen LogP contribution in [0.3, 0.4) is 0 Å². The monoisotopic (exact) mass is 396 g/mol. The van der Waals surface area contributed by atoms with Crippen molar-refractivity contribution in [3.8, 4) is 0 Å². The van der Waals surface area contributed by atoms with E-state index in [4.69, 9.17) is 0 Å². The number of aromatic nitrogens is 3. The number of amides is 2. The first-order valence-corrected chi connectivity index (χ1v) is 9.96. The van der Waals surface area contributed by atoms with E-state index in [-0.39, 0.29) is 23.6 Å². The number of anilines is 2. The Morgan fingerprint density at radius 1 is 1.04 bits per heavy atom. The Morgan fingerprint density at radius 3 is 2.43 bits per heavy atom. The quantitative estimate of drug-likeness (QED) is 0.616. The highest BCUT2D eigenvalue weighted by molar-refractivity contribution is 7.12. The summed E-state index contributed by atoms with van der Waals surface area (Å²) in [5.41, 5.74) is 1.28. The van der Waals surface area contributed by atoms with Crippen molar-refractivity contribution in [2.45, 2.75) is 18.9 Å². The average molecular weight is 396 g/mol. The van der Waals surface area contributed by atoms with Crippen LogP contribution in [0.4, 0.5) is 11.4 Å². The fourth-order valence-electron chi connectivity index (χ4n) is 3.11. The van der Waals surface area contributed by atoms with Gasteiger partial charge in [-0.05, 0) is 49.5 Å². The standard InChI is InChI=1S/C19H20N6O2S/c26-18(16-12-25(24-23-16)13-7-9-20-10-8-13)21-14-4-1-2-5-15(14)22-19(27)17-6-3-11-28-17/h1-6,11-13,20H,7-10H2,(H,21,26)(H,22,27). The van der Waals surface area contributed by atoms with Crippen molar-refractivity contribution in [3.63, 3.8) is 0 Å². The number of rotatable bonds is 5. The summed E-state index contributed by atoms with van der Waals surface area (Å²) < 4.78 is 1.76. The lowest BCUT2D eigenvalue weighted by Crippen LogP contribution is -2.29. The Morgan fingerprint density at radius 2 is 1.75 bits per heavy atom. The van der Waals surface area contributed by atoms with Crippen LogP contribution in [0.15, 0.2) is 48.0 Å². The number of carbonyl (C=O) groups excluding carboxylic acids is 2. The van der Waals surface area contributed by atoms with E-state index < -0.39 is 0 Å². The van der Waals surface area contributed by atoms with Crippen LogP contribution in [0.1, 0.15) is 39.0 Å². The first-order valence-electron chi connectivity index (χ1n) is 9.08. The summed E-state index contributed by atoms with van der Waals surface area (Å²) >= 11 is 1.36. The fourth-order valence-corrected chi connectivity index (χ4v) is 3.73. The van der Waals surface area contributed by atoms with Crippen LogP contribution in [0.2, 0.25) is 0 Å². The molecule has 1 saturated heterocycles. The van der Waals surface area contributed by atoms with E-state index in [1.165, 1.54) is 11.3 Å². The third kappa shape index (κ3) is 4.10. The summed E-state index contributed by atoms with van der Waals surface area (Å²) in [6.07, 6.45) is 3.60. The molecular formula is C19H20N6O2S. The maximum Gasteiger partial charge on any atom is 0.277 e. The second-order valence-corrected chi connectivity index (χ2v) is 7.44. The van der Waals surface area contributed by atoms with Crippen LogP contribution < -0.4 is 16.0 Å². The second-order valence-electron chi connectivity index (χ2n) is 6.50. The molecule has 2 amide bonds. The number of piperidine rings is 1. The van der Waals surface area contributed by atoms with Crippen molar-refractivity contribution in [2.75, 3.05) is 23.7 Å². The predicted octanol–water partition coefficient (Wildman–Crippen LogP) is 2.77. The molecule has 1 aliphatic rings. The molecule has 0 spiro atoms. The molecule has 0 atom stereocenters. The van der Waals surface area contributed by atoms with Gasteiger partial charge in [0, 0.05) is 0 Å². The van der Waals surface area contributed by atoms with Crippen LogP contribution >= 0.6 is 11.3 Å². The Labute approximate surface area is 166 Å². The number of nitrogens with zero attached hydrogens (tertiary/aromatic N) is 3. The van der Waals surface area contributed by atoms with Crippen molar-refractivity contribution in [3.05, 3.63) is 58.5 Å². The molecule has 2 aromatic heterocycles. The smallest absolute Gasteiger partial charge is 0.277 e. The van der Waals surface area contributed by atoms with Gasteiger partial charge in [-0.15, -0.1) is 16.4 Å². The number of nitrogens with one attached hydrogen (secondary N) is 3. The molecule has 1 aromatic carbocycles. The Kier molecular flexibility index (Phi) is 5.45. The number of hydrogen-bond donors (Lipinski definition) is 3. The number of thiophene rings is 1. The highest BCUT2D eigenvalue weighted by Crippen LogP contribution is 2.23. The normalized spacial score (nSPS) is 14.6. The molecule has 0 radical (unpaired) electrons. The summed E-state index contributed by atoms with van der Waals surface area (Å²) in [6.45, 7) is 1.87. The lowest BCUT2D eigenvalue weighted by Gasteiger charge is -2.22. The maximum absolute atomic E-state index is 12.6. The largest absolute Gasteiger partial charge is 0.319 e. The Hall–Kier alpha value is -3.04. The van der Waals surface area contributed by atoms with E-state index in [1.54, 1.807) is 41.2 Å². The van der Waals surface area contributed by atoms with Crippen molar-refractivity contribution in [1.29, 1.82) is 0 Å². The van der Waals surface area contributed by atoms with E-state index in [9.17, 15) is 9.59 Å². The van der Waals surface area contributed by atoms with E-state index in [0.717, 1.165) is 25.9 Å². The predicted molar refractivity (Wildman–Crippen MR) is 108 cm³/mol. The maximum atomic E-state index is 12.6. The summed E-state index contributed by atoms with van der Waals surface area (Å²) in [6, 6.07) is 10.9. The van der Waals surface area contributed by atoms with E-state index in [2.05, 4.69) is 26.3 Å². The summed E-state index contributed by atoms with van der Waals surface area (Å²) in [4.78, 5) is 25.5. The minimum atomic E-state index is -0.363. The van der Waals surface area contributed by atoms with Gasteiger partial charge in [-0.3, -0.25) is 9.59 Å². The SMILES string of the molecule is O=C(Nc1ccccc1NC(=O)c1cccs1)c1cn(C2CCNCC2)nn1. The zero-order valence-electron chi connectivity index (χ0n) is 15.1. The molecule has 9 heteroatoms. The Balaban J connectivity index is 1.46. The van der Waals surface area contributed by atoms with Crippen molar-refractivity contribution in [2.24, 2.45) is 0 Å². The first kappa shape index (κ1) is 18.3. The van der Waals surface area contributed by atoms with Gasteiger partial charge >= 0.3 is 0 Å². The summed E-state index contributed by atoms with van der Waals surface area (Å²) in [5.74, 6) is -0.577. The lowest BCUT2D eigenvalue weighted by molar-refractivity contribution is 0.101. The van der Waals surface area contributed by atoms with Crippen LogP contribution in [-0.2, 0) is 0 Å².